The van der Waals surface area contributed by atoms with Crippen molar-refractivity contribution < 1.29 is 0 Å². The van der Waals surface area contributed by atoms with Crippen LogP contribution in [0.3, 0.4) is 0 Å². The maximum Gasteiger partial charge on any atom is 0.174 e. The van der Waals surface area contributed by atoms with E-state index in [9.17, 15) is 0 Å². The van der Waals surface area contributed by atoms with Crippen LogP contribution in [0, 0.1) is 6.92 Å². The lowest BCUT2D eigenvalue weighted by atomic mass is 10.3. The first-order valence-electron chi connectivity index (χ1n) is 4.83. The molecule has 2 heterocycles. The van der Waals surface area contributed by atoms with E-state index in [1.54, 1.807) is 17.7 Å². The van der Waals surface area contributed by atoms with Crippen LogP contribution in [0.4, 0.5) is 5.69 Å². The Labute approximate surface area is 110 Å². The maximum absolute atomic E-state index is 6.03. The zero-order valence-corrected chi connectivity index (χ0v) is 11.3. The van der Waals surface area contributed by atoms with E-state index in [-0.39, 0.29) is 0 Å². The van der Waals surface area contributed by atoms with Crippen molar-refractivity contribution in [3.63, 3.8) is 0 Å². The van der Waals surface area contributed by atoms with Crippen molar-refractivity contribution in [1.82, 2.24) is 14.3 Å². The molecule has 1 aromatic carbocycles. The standard InChI is InChI=1S/C10H8N4S3/c1-5-14-7-3-8(6(11)2-9(7)15-5)16-10-12-4-13-17-10/h2-4H,11H2,1H3. The second-order valence-corrected chi connectivity index (χ2v) is 6.70. The summed E-state index contributed by atoms with van der Waals surface area (Å²) >= 11 is 4.55. The van der Waals surface area contributed by atoms with Crippen molar-refractivity contribution in [3.8, 4) is 0 Å². The van der Waals surface area contributed by atoms with Gasteiger partial charge in [0.15, 0.2) is 4.34 Å². The van der Waals surface area contributed by atoms with Gasteiger partial charge in [0.1, 0.15) is 6.33 Å². The number of aryl methyl sites for hydroxylation is 1. The van der Waals surface area contributed by atoms with E-state index in [0.29, 0.717) is 0 Å². The van der Waals surface area contributed by atoms with E-state index in [4.69, 9.17) is 5.73 Å². The number of hydrogen-bond donors (Lipinski definition) is 1. The van der Waals surface area contributed by atoms with Crippen LogP contribution in [0.15, 0.2) is 27.7 Å². The molecule has 86 valence electrons. The van der Waals surface area contributed by atoms with E-state index in [2.05, 4.69) is 14.3 Å². The number of fused-ring (bicyclic) bond motifs is 1. The molecule has 0 fully saturated rings. The Hall–Kier alpha value is -1.18. The predicted octanol–water partition coefficient (Wildman–Crippen LogP) is 3.19. The van der Waals surface area contributed by atoms with Gasteiger partial charge in [-0.05, 0) is 30.6 Å². The molecule has 0 unspecified atom stereocenters. The predicted molar refractivity (Wildman–Crippen MR) is 72.8 cm³/mol. The van der Waals surface area contributed by atoms with E-state index in [1.807, 2.05) is 19.1 Å². The Kier molecular flexibility index (Phi) is 2.73. The van der Waals surface area contributed by atoms with Gasteiger partial charge in [-0.25, -0.2) is 9.97 Å². The lowest BCUT2D eigenvalue weighted by molar-refractivity contribution is 1.21. The molecule has 0 aliphatic rings. The third-order valence-electron chi connectivity index (χ3n) is 2.17. The minimum atomic E-state index is 0.765. The van der Waals surface area contributed by atoms with Crippen molar-refractivity contribution in [1.29, 1.82) is 0 Å². The van der Waals surface area contributed by atoms with Gasteiger partial charge in [0.05, 0.1) is 15.2 Å². The number of benzene rings is 1. The molecule has 0 saturated carbocycles. The smallest absolute Gasteiger partial charge is 0.174 e. The number of nitrogens with two attached hydrogens (primary N) is 1. The number of aromatic nitrogens is 3. The molecule has 3 rings (SSSR count). The third-order valence-corrected chi connectivity index (χ3v) is 4.89. The quantitative estimate of drug-likeness (QED) is 0.730. The highest BCUT2D eigenvalue weighted by molar-refractivity contribution is 8.01. The first-order chi connectivity index (χ1) is 8.22. The Balaban J connectivity index is 2.06. The fourth-order valence-corrected chi connectivity index (χ4v) is 3.79. The van der Waals surface area contributed by atoms with Crippen molar-refractivity contribution in [3.05, 3.63) is 23.5 Å². The van der Waals surface area contributed by atoms with Crippen molar-refractivity contribution >= 4 is 50.5 Å². The molecule has 7 heteroatoms. The van der Waals surface area contributed by atoms with E-state index >= 15 is 0 Å². The van der Waals surface area contributed by atoms with Gasteiger partial charge in [-0.2, -0.15) is 4.37 Å². The Morgan fingerprint density at radius 1 is 1.35 bits per heavy atom. The average Bonchev–Trinajstić information content (AvgIpc) is 2.87. The van der Waals surface area contributed by atoms with Gasteiger partial charge in [0, 0.05) is 10.6 Å². The highest BCUT2D eigenvalue weighted by Crippen LogP contribution is 2.36. The molecular weight excluding hydrogens is 272 g/mol. The minimum Gasteiger partial charge on any atom is -0.398 e. The van der Waals surface area contributed by atoms with Crippen molar-refractivity contribution in [2.75, 3.05) is 5.73 Å². The largest absolute Gasteiger partial charge is 0.398 e. The molecular formula is C10H8N4S3. The summed E-state index contributed by atoms with van der Waals surface area (Å²) in [5, 5.41) is 1.05. The summed E-state index contributed by atoms with van der Waals surface area (Å²) in [4.78, 5) is 9.58. The van der Waals surface area contributed by atoms with Crippen molar-refractivity contribution in [2.24, 2.45) is 0 Å². The number of thiazole rings is 1. The molecule has 0 radical (unpaired) electrons. The van der Waals surface area contributed by atoms with Gasteiger partial charge in [0.2, 0.25) is 0 Å². The number of hydrogen-bond acceptors (Lipinski definition) is 7. The summed E-state index contributed by atoms with van der Waals surface area (Å²) < 4.78 is 5.99. The van der Waals surface area contributed by atoms with Crippen LogP contribution in [-0.2, 0) is 0 Å². The molecule has 0 bridgehead atoms. The van der Waals surface area contributed by atoms with Gasteiger partial charge >= 0.3 is 0 Å². The lowest BCUT2D eigenvalue weighted by Crippen LogP contribution is -1.87. The Morgan fingerprint density at radius 2 is 2.24 bits per heavy atom. The molecule has 0 amide bonds. The highest BCUT2D eigenvalue weighted by atomic mass is 32.2. The van der Waals surface area contributed by atoms with Crippen LogP contribution in [0.2, 0.25) is 0 Å². The van der Waals surface area contributed by atoms with E-state index in [0.717, 1.165) is 30.1 Å². The van der Waals surface area contributed by atoms with Crippen molar-refractivity contribution in [2.45, 2.75) is 16.2 Å². The topological polar surface area (TPSA) is 64.7 Å². The van der Waals surface area contributed by atoms with Crippen LogP contribution >= 0.6 is 34.6 Å². The van der Waals surface area contributed by atoms with E-state index in [1.165, 1.54) is 23.3 Å². The van der Waals surface area contributed by atoms with Crippen LogP contribution in [0.5, 0.6) is 0 Å². The molecule has 0 atom stereocenters. The van der Waals surface area contributed by atoms with E-state index < -0.39 is 0 Å². The van der Waals surface area contributed by atoms with Gasteiger partial charge < -0.3 is 5.73 Å². The summed E-state index contributed by atoms with van der Waals surface area (Å²) in [5.74, 6) is 0. The molecule has 0 aliphatic heterocycles. The van der Waals surface area contributed by atoms with Crippen LogP contribution in [-0.4, -0.2) is 14.3 Å². The fraction of sp³-hybridized carbons (Fsp3) is 0.100. The molecule has 0 aliphatic carbocycles. The number of anilines is 1. The van der Waals surface area contributed by atoms with Crippen LogP contribution in [0.1, 0.15) is 5.01 Å². The summed E-state index contributed by atoms with van der Waals surface area (Å²) in [6.07, 6.45) is 1.55. The molecule has 2 N–H and O–H groups in total. The normalized spacial score (nSPS) is 11.1. The molecule has 0 saturated heterocycles. The first kappa shape index (κ1) is 10.9. The summed E-state index contributed by atoms with van der Waals surface area (Å²) in [7, 11) is 0. The molecule has 0 spiro atoms. The average molecular weight is 280 g/mol. The SMILES string of the molecule is Cc1nc2cc(Sc3ncns3)c(N)cc2s1. The van der Waals surface area contributed by atoms with Crippen LogP contribution < -0.4 is 5.73 Å². The summed E-state index contributed by atoms with van der Waals surface area (Å²) in [6.45, 7) is 2.00. The monoisotopic (exact) mass is 280 g/mol. The summed E-state index contributed by atoms with van der Waals surface area (Å²) in [5.41, 5.74) is 7.79. The third kappa shape index (κ3) is 2.13. The number of nitrogens with zero attached hydrogens (tertiary/aromatic N) is 3. The molecule has 3 aromatic rings. The van der Waals surface area contributed by atoms with Gasteiger partial charge in [-0.1, -0.05) is 11.8 Å². The zero-order chi connectivity index (χ0) is 11.8. The minimum absolute atomic E-state index is 0.765. The van der Waals surface area contributed by atoms with Gasteiger partial charge in [0.25, 0.3) is 0 Å². The van der Waals surface area contributed by atoms with Crippen LogP contribution in [0.25, 0.3) is 10.2 Å². The van der Waals surface area contributed by atoms with Gasteiger partial charge in [-0.15, -0.1) is 11.3 Å². The maximum atomic E-state index is 6.03. The molecule has 17 heavy (non-hydrogen) atoms. The zero-order valence-electron chi connectivity index (χ0n) is 8.88. The Morgan fingerprint density at radius 3 is 3.00 bits per heavy atom. The number of rotatable bonds is 2. The second kappa shape index (κ2) is 4.25. The van der Waals surface area contributed by atoms with Gasteiger partial charge in [-0.3, -0.25) is 0 Å². The fourth-order valence-electron chi connectivity index (χ4n) is 1.48. The lowest BCUT2D eigenvalue weighted by Gasteiger charge is -2.02. The highest BCUT2D eigenvalue weighted by Gasteiger charge is 2.09. The first-order valence-corrected chi connectivity index (χ1v) is 7.24. The Bertz CT molecular complexity index is 660. The summed E-state index contributed by atoms with van der Waals surface area (Å²) in [6, 6.07) is 3.99. The second-order valence-electron chi connectivity index (χ2n) is 3.40. The number of nitrogen functional groups attached to an aromatic ring is 1. The molecule has 4 nitrogen and oxygen atoms in total. The molecule has 2 aromatic heterocycles.